The maximum atomic E-state index is 12.7. The summed E-state index contributed by atoms with van der Waals surface area (Å²) < 4.78 is 5.98. The van der Waals surface area contributed by atoms with Crippen LogP contribution in [0.4, 0.5) is 11.5 Å². The van der Waals surface area contributed by atoms with E-state index in [0.717, 1.165) is 37.4 Å². The molecule has 1 aliphatic rings. The predicted molar refractivity (Wildman–Crippen MR) is 115 cm³/mol. The Bertz CT molecular complexity index is 949. The van der Waals surface area contributed by atoms with Gasteiger partial charge in [-0.25, -0.2) is 4.98 Å². The van der Waals surface area contributed by atoms with E-state index in [4.69, 9.17) is 4.74 Å². The van der Waals surface area contributed by atoms with Crippen molar-refractivity contribution in [3.05, 3.63) is 78.5 Å². The van der Waals surface area contributed by atoms with Gasteiger partial charge in [-0.2, -0.15) is 0 Å². The van der Waals surface area contributed by atoms with E-state index in [1.807, 2.05) is 71.6 Å². The molecule has 0 unspecified atom stereocenters. The van der Waals surface area contributed by atoms with Gasteiger partial charge in [0.2, 0.25) is 0 Å². The van der Waals surface area contributed by atoms with Crippen LogP contribution in [0.25, 0.3) is 0 Å². The smallest absolute Gasteiger partial charge is 0.255 e. The zero-order valence-electron chi connectivity index (χ0n) is 16.5. The lowest BCUT2D eigenvalue weighted by Gasteiger charge is -2.30. The van der Waals surface area contributed by atoms with Crippen LogP contribution in [-0.2, 0) is 0 Å². The van der Waals surface area contributed by atoms with Gasteiger partial charge < -0.3 is 15.0 Å². The lowest BCUT2D eigenvalue weighted by atomic mass is 9.99. The molecule has 0 saturated carbocycles. The van der Waals surface area contributed by atoms with Crippen LogP contribution in [0.1, 0.15) is 30.1 Å². The van der Waals surface area contributed by atoms with Gasteiger partial charge in [0.05, 0.1) is 11.3 Å². The fraction of sp³-hybridized carbons (Fsp3) is 0.250. The molecule has 148 valence electrons. The number of rotatable bonds is 5. The quantitative estimate of drug-likeness (QED) is 0.629. The summed E-state index contributed by atoms with van der Waals surface area (Å²) in [4.78, 5) is 19.0. The van der Waals surface area contributed by atoms with Gasteiger partial charge >= 0.3 is 0 Å². The van der Waals surface area contributed by atoms with Gasteiger partial charge in [-0.15, -0.1) is 0 Å². The minimum Gasteiger partial charge on any atom is -0.455 e. The van der Waals surface area contributed by atoms with Crippen molar-refractivity contribution >= 4 is 17.4 Å². The fourth-order valence-corrected chi connectivity index (χ4v) is 3.40. The molecule has 0 bridgehead atoms. The maximum Gasteiger partial charge on any atom is 0.255 e. The van der Waals surface area contributed by atoms with Crippen molar-refractivity contribution in [1.82, 2.24) is 9.88 Å². The Morgan fingerprint density at radius 2 is 1.72 bits per heavy atom. The summed E-state index contributed by atoms with van der Waals surface area (Å²) in [5, 5.41) is 3.28. The molecule has 0 atom stereocenters. The summed E-state index contributed by atoms with van der Waals surface area (Å²) in [6.07, 6.45) is 3.78. The van der Waals surface area contributed by atoms with Crippen LogP contribution in [0, 0.1) is 5.92 Å². The van der Waals surface area contributed by atoms with Crippen LogP contribution >= 0.6 is 0 Å². The highest BCUT2D eigenvalue weighted by Gasteiger charge is 2.21. The Morgan fingerprint density at radius 1 is 1.00 bits per heavy atom. The molecule has 0 radical (unpaired) electrons. The second kappa shape index (κ2) is 8.78. The van der Waals surface area contributed by atoms with Gasteiger partial charge in [0.15, 0.2) is 5.75 Å². The number of anilines is 2. The summed E-state index contributed by atoms with van der Waals surface area (Å²) in [6, 6.07) is 21.0. The molecular formula is C24H25N3O2. The SMILES string of the molecule is CC1CCN(C(=O)c2ccc(Nc3ccccc3Oc3ccccc3)nc2)CC1. The normalized spacial score (nSPS) is 14.4. The van der Waals surface area contributed by atoms with E-state index in [2.05, 4.69) is 17.2 Å². The molecule has 3 aromatic rings. The van der Waals surface area contributed by atoms with E-state index < -0.39 is 0 Å². The number of hydrogen-bond acceptors (Lipinski definition) is 4. The molecule has 5 heteroatoms. The van der Waals surface area contributed by atoms with E-state index in [1.165, 1.54) is 0 Å². The Labute approximate surface area is 171 Å². The molecule has 2 heterocycles. The van der Waals surface area contributed by atoms with Crippen molar-refractivity contribution in [3.8, 4) is 11.5 Å². The summed E-state index contributed by atoms with van der Waals surface area (Å²) >= 11 is 0. The van der Waals surface area contributed by atoms with E-state index in [-0.39, 0.29) is 5.91 Å². The molecule has 0 aliphatic carbocycles. The molecule has 1 aliphatic heterocycles. The Hall–Kier alpha value is -3.34. The van der Waals surface area contributed by atoms with Gasteiger partial charge in [-0.3, -0.25) is 4.79 Å². The standard InChI is InChI=1S/C24H25N3O2/c1-18-13-15-27(16-14-18)24(28)19-11-12-23(25-17-19)26-21-9-5-6-10-22(21)29-20-7-3-2-4-8-20/h2-12,17-18H,13-16H2,1H3,(H,25,26). The van der Waals surface area contributed by atoms with Crippen molar-refractivity contribution in [2.24, 2.45) is 5.92 Å². The number of aromatic nitrogens is 1. The van der Waals surface area contributed by atoms with Crippen molar-refractivity contribution in [2.45, 2.75) is 19.8 Å². The monoisotopic (exact) mass is 387 g/mol. The predicted octanol–water partition coefficient (Wildman–Crippen LogP) is 5.49. The summed E-state index contributed by atoms with van der Waals surface area (Å²) in [5.41, 5.74) is 1.44. The van der Waals surface area contributed by atoms with Gasteiger partial charge in [0.1, 0.15) is 11.6 Å². The number of piperidine rings is 1. The van der Waals surface area contributed by atoms with E-state index in [9.17, 15) is 4.79 Å². The first-order valence-electron chi connectivity index (χ1n) is 10.0. The molecule has 1 saturated heterocycles. The van der Waals surface area contributed by atoms with Crippen molar-refractivity contribution < 1.29 is 9.53 Å². The Kier molecular flexibility index (Phi) is 5.75. The molecule has 0 spiro atoms. The minimum absolute atomic E-state index is 0.0590. The van der Waals surface area contributed by atoms with Gasteiger partial charge in [-0.1, -0.05) is 37.3 Å². The molecule has 4 rings (SSSR count). The molecule has 2 aromatic carbocycles. The number of likely N-dealkylation sites (tertiary alicyclic amines) is 1. The van der Waals surface area contributed by atoms with Crippen molar-refractivity contribution in [1.29, 1.82) is 0 Å². The number of para-hydroxylation sites is 3. The average Bonchev–Trinajstić information content (AvgIpc) is 2.76. The first kappa shape index (κ1) is 19.0. The highest BCUT2D eigenvalue weighted by atomic mass is 16.5. The average molecular weight is 387 g/mol. The third-order valence-electron chi connectivity index (χ3n) is 5.20. The molecule has 1 amide bonds. The zero-order chi connectivity index (χ0) is 20.1. The largest absolute Gasteiger partial charge is 0.455 e. The van der Waals surface area contributed by atoms with Crippen LogP contribution in [0.5, 0.6) is 11.5 Å². The topological polar surface area (TPSA) is 54.5 Å². The van der Waals surface area contributed by atoms with Crippen molar-refractivity contribution in [2.75, 3.05) is 18.4 Å². The molecular weight excluding hydrogens is 362 g/mol. The van der Waals surface area contributed by atoms with E-state index in [1.54, 1.807) is 6.20 Å². The number of amides is 1. The third kappa shape index (κ3) is 4.74. The lowest BCUT2D eigenvalue weighted by molar-refractivity contribution is 0.0697. The van der Waals surface area contributed by atoms with Crippen LogP contribution in [0.3, 0.4) is 0 Å². The number of hydrogen-bond donors (Lipinski definition) is 1. The van der Waals surface area contributed by atoms with Crippen molar-refractivity contribution in [3.63, 3.8) is 0 Å². The lowest BCUT2D eigenvalue weighted by Crippen LogP contribution is -2.37. The Balaban J connectivity index is 1.45. The molecule has 1 N–H and O–H groups in total. The molecule has 1 aromatic heterocycles. The number of pyridine rings is 1. The molecule has 29 heavy (non-hydrogen) atoms. The number of ether oxygens (including phenoxy) is 1. The molecule has 1 fully saturated rings. The van der Waals surface area contributed by atoms with Crippen LogP contribution in [0.15, 0.2) is 72.9 Å². The van der Waals surface area contributed by atoms with Crippen LogP contribution < -0.4 is 10.1 Å². The number of nitrogens with zero attached hydrogens (tertiary/aromatic N) is 2. The summed E-state index contributed by atoms with van der Waals surface area (Å²) in [6.45, 7) is 3.89. The third-order valence-corrected chi connectivity index (χ3v) is 5.20. The van der Waals surface area contributed by atoms with Crippen LogP contribution in [0.2, 0.25) is 0 Å². The molecule has 5 nitrogen and oxygen atoms in total. The van der Waals surface area contributed by atoms with E-state index >= 15 is 0 Å². The first-order chi connectivity index (χ1) is 14.2. The second-order valence-corrected chi connectivity index (χ2v) is 7.44. The number of carbonyl (C=O) groups is 1. The first-order valence-corrected chi connectivity index (χ1v) is 10.0. The highest BCUT2D eigenvalue weighted by Crippen LogP contribution is 2.31. The van der Waals surface area contributed by atoms with Gasteiger partial charge in [0.25, 0.3) is 5.91 Å². The zero-order valence-corrected chi connectivity index (χ0v) is 16.5. The van der Waals surface area contributed by atoms with Gasteiger partial charge in [-0.05, 0) is 55.2 Å². The minimum atomic E-state index is 0.0590. The number of benzene rings is 2. The number of nitrogens with one attached hydrogen (secondary N) is 1. The summed E-state index contributed by atoms with van der Waals surface area (Å²) in [7, 11) is 0. The van der Waals surface area contributed by atoms with Crippen LogP contribution in [-0.4, -0.2) is 28.9 Å². The highest BCUT2D eigenvalue weighted by molar-refractivity contribution is 5.94. The maximum absolute atomic E-state index is 12.7. The summed E-state index contributed by atoms with van der Waals surface area (Å²) in [5.74, 6) is 2.90. The van der Waals surface area contributed by atoms with Gasteiger partial charge in [0, 0.05) is 19.3 Å². The second-order valence-electron chi connectivity index (χ2n) is 7.44. The fourth-order valence-electron chi connectivity index (χ4n) is 3.40. The Morgan fingerprint density at radius 3 is 2.45 bits per heavy atom. The number of carbonyl (C=O) groups excluding carboxylic acids is 1. The van der Waals surface area contributed by atoms with E-state index in [0.29, 0.717) is 23.0 Å².